The maximum Gasteiger partial charge on any atom is 0.175 e. The van der Waals surface area contributed by atoms with Gasteiger partial charge in [0.2, 0.25) is 0 Å². The molecular weight excluding hydrogens is 370 g/mol. The van der Waals surface area contributed by atoms with E-state index in [0.717, 1.165) is 35.4 Å². The van der Waals surface area contributed by atoms with Gasteiger partial charge in [0.05, 0.1) is 17.9 Å². The first-order chi connectivity index (χ1) is 11.6. The molecule has 6 heteroatoms. The maximum absolute atomic E-state index is 5.65. The van der Waals surface area contributed by atoms with Crippen LogP contribution in [0.3, 0.4) is 0 Å². The molecule has 0 amide bonds. The summed E-state index contributed by atoms with van der Waals surface area (Å²) in [7, 11) is 1.65. The molecule has 0 spiro atoms. The molecule has 0 fully saturated rings. The van der Waals surface area contributed by atoms with Crippen molar-refractivity contribution in [2.45, 2.75) is 20.0 Å². The van der Waals surface area contributed by atoms with E-state index in [1.165, 1.54) is 0 Å². The van der Waals surface area contributed by atoms with Gasteiger partial charge in [-0.05, 0) is 46.1 Å². The Balaban J connectivity index is 1.90. The molecule has 130 valence electrons. The molecule has 5 nitrogen and oxygen atoms in total. The van der Waals surface area contributed by atoms with E-state index < -0.39 is 0 Å². The Morgan fingerprint density at radius 3 is 2.96 bits per heavy atom. The summed E-state index contributed by atoms with van der Waals surface area (Å²) in [6.45, 7) is 8.97. The van der Waals surface area contributed by atoms with Crippen LogP contribution < -0.4 is 14.8 Å². The molecule has 0 saturated carbocycles. The first-order valence-corrected chi connectivity index (χ1v) is 8.70. The second-order valence-corrected chi connectivity index (χ2v) is 6.56. The quantitative estimate of drug-likeness (QED) is 0.625. The summed E-state index contributed by atoms with van der Waals surface area (Å²) in [4.78, 5) is 4.07. The van der Waals surface area contributed by atoms with Crippen molar-refractivity contribution >= 4 is 15.9 Å². The standard InChI is InChI=1S/C18H24BrN3O2/c1-4-7-24-18-16(19)8-15(9-17(18)23-3)11-21-10-14(2)12-22-6-5-20-13-22/h4-6,8-9,13-14,21H,1,7,10-12H2,2-3H3. The van der Waals surface area contributed by atoms with Crippen molar-refractivity contribution in [1.29, 1.82) is 0 Å². The van der Waals surface area contributed by atoms with Gasteiger partial charge in [-0.15, -0.1) is 0 Å². The van der Waals surface area contributed by atoms with Crippen LogP contribution in [0.15, 0.2) is 48.0 Å². The molecule has 1 aromatic heterocycles. The van der Waals surface area contributed by atoms with Crippen molar-refractivity contribution < 1.29 is 9.47 Å². The highest BCUT2D eigenvalue weighted by Crippen LogP contribution is 2.36. The minimum absolute atomic E-state index is 0.443. The summed E-state index contributed by atoms with van der Waals surface area (Å²) in [5.41, 5.74) is 1.14. The van der Waals surface area contributed by atoms with Gasteiger partial charge in [0.25, 0.3) is 0 Å². The van der Waals surface area contributed by atoms with Gasteiger partial charge >= 0.3 is 0 Å². The van der Waals surface area contributed by atoms with Crippen molar-refractivity contribution in [1.82, 2.24) is 14.9 Å². The Morgan fingerprint density at radius 1 is 1.46 bits per heavy atom. The summed E-state index contributed by atoms with van der Waals surface area (Å²) in [5, 5.41) is 3.49. The summed E-state index contributed by atoms with van der Waals surface area (Å²) >= 11 is 3.55. The molecule has 1 N–H and O–H groups in total. The number of benzene rings is 1. The first-order valence-electron chi connectivity index (χ1n) is 7.90. The van der Waals surface area contributed by atoms with Gasteiger partial charge in [0.15, 0.2) is 11.5 Å². The van der Waals surface area contributed by atoms with Crippen LogP contribution in [0.5, 0.6) is 11.5 Å². The fraction of sp³-hybridized carbons (Fsp3) is 0.389. The molecule has 2 aromatic rings. The number of nitrogens with zero attached hydrogens (tertiary/aromatic N) is 2. The van der Waals surface area contributed by atoms with Crippen LogP contribution in [-0.4, -0.2) is 29.8 Å². The zero-order valence-corrected chi connectivity index (χ0v) is 15.8. The fourth-order valence-electron chi connectivity index (χ4n) is 2.44. The smallest absolute Gasteiger partial charge is 0.175 e. The Labute approximate surface area is 151 Å². The molecule has 0 aliphatic rings. The molecule has 0 aliphatic carbocycles. The number of hydrogen-bond acceptors (Lipinski definition) is 4. The second-order valence-electron chi connectivity index (χ2n) is 5.70. The van der Waals surface area contributed by atoms with Crippen molar-refractivity contribution in [3.8, 4) is 11.5 Å². The highest BCUT2D eigenvalue weighted by Gasteiger charge is 2.11. The lowest BCUT2D eigenvalue weighted by molar-refractivity contribution is 0.324. The number of ether oxygens (including phenoxy) is 2. The van der Waals surface area contributed by atoms with Crippen LogP contribution >= 0.6 is 15.9 Å². The zero-order valence-electron chi connectivity index (χ0n) is 14.2. The molecule has 1 unspecified atom stereocenters. The summed E-state index contributed by atoms with van der Waals surface area (Å²) in [6.07, 6.45) is 7.35. The molecule has 2 rings (SSSR count). The average molecular weight is 394 g/mol. The third kappa shape index (κ3) is 5.39. The predicted molar refractivity (Wildman–Crippen MR) is 99.5 cm³/mol. The van der Waals surface area contributed by atoms with E-state index in [4.69, 9.17) is 9.47 Å². The SMILES string of the molecule is C=CCOc1c(Br)cc(CNCC(C)Cn2ccnc2)cc1OC. The fourth-order valence-corrected chi connectivity index (χ4v) is 3.04. The number of rotatable bonds is 10. The van der Waals surface area contributed by atoms with Gasteiger partial charge in [0.1, 0.15) is 6.61 Å². The van der Waals surface area contributed by atoms with Gasteiger partial charge in [-0.2, -0.15) is 0 Å². The number of aromatic nitrogens is 2. The van der Waals surface area contributed by atoms with E-state index >= 15 is 0 Å². The number of hydrogen-bond donors (Lipinski definition) is 1. The predicted octanol–water partition coefficient (Wildman–Crippen LogP) is 3.64. The summed E-state index contributed by atoms with van der Waals surface area (Å²) in [6, 6.07) is 4.05. The molecular formula is C18H24BrN3O2. The third-order valence-electron chi connectivity index (χ3n) is 3.54. The van der Waals surface area contributed by atoms with E-state index in [-0.39, 0.29) is 0 Å². The Bertz CT molecular complexity index is 644. The van der Waals surface area contributed by atoms with E-state index in [9.17, 15) is 0 Å². The number of nitrogens with one attached hydrogen (secondary N) is 1. The number of halogens is 1. The maximum atomic E-state index is 5.65. The topological polar surface area (TPSA) is 48.3 Å². The molecule has 0 radical (unpaired) electrons. The van der Waals surface area contributed by atoms with Gasteiger partial charge in [0, 0.05) is 25.5 Å². The summed E-state index contributed by atoms with van der Waals surface area (Å²) in [5.74, 6) is 1.93. The van der Waals surface area contributed by atoms with E-state index in [0.29, 0.717) is 18.3 Å². The van der Waals surface area contributed by atoms with Crippen molar-refractivity contribution in [2.24, 2.45) is 5.92 Å². The van der Waals surface area contributed by atoms with Gasteiger partial charge in [-0.1, -0.05) is 19.6 Å². The molecule has 1 atom stereocenters. The van der Waals surface area contributed by atoms with E-state index in [1.807, 2.05) is 18.6 Å². The van der Waals surface area contributed by atoms with Crippen molar-refractivity contribution in [2.75, 3.05) is 20.3 Å². The summed E-state index contributed by atoms with van der Waals surface area (Å²) < 4.78 is 14.1. The van der Waals surface area contributed by atoms with Crippen molar-refractivity contribution in [3.05, 3.63) is 53.5 Å². The van der Waals surface area contributed by atoms with Crippen LogP contribution in [0.4, 0.5) is 0 Å². The second kappa shape index (κ2) is 9.49. The molecule has 1 heterocycles. The normalized spacial score (nSPS) is 12.0. The van der Waals surface area contributed by atoms with Crippen LogP contribution in [0.2, 0.25) is 0 Å². The van der Waals surface area contributed by atoms with E-state index in [2.05, 4.69) is 50.4 Å². The average Bonchev–Trinajstić information content (AvgIpc) is 3.06. The van der Waals surface area contributed by atoms with Crippen LogP contribution in [0.1, 0.15) is 12.5 Å². The monoisotopic (exact) mass is 393 g/mol. The molecule has 0 saturated heterocycles. The Morgan fingerprint density at radius 2 is 2.29 bits per heavy atom. The number of methoxy groups -OCH3 is 1. The molecule has 0 aliphatic heterocycles. The highest BCUT2D eigenvalue weighted by molar-refractivity contribution is 9.10. The van der Waals surface area contributed by atoms with Gasteiger partial charge < -0.3 is 19.4 Å². The van der Waals surface area contributed by atoms with Crippen LogP contribution in [0, 0.1) is 5.92 Å². The molecule has 0 bridgehead atoms. The largest absolute Gasteiger partial charge is 0.493 e. The minimum atomic E-state index is 0.443. The van der Waals surface area contributed by atoms with Crippen molar-refractivity contribution in [3.63, 3.8) is 0 Å². The van der Waals surface area contributed by atoms with Crippen LogP contribution in [-0.2, 0) is 13.1 Å². The lowest BCUT2D eigenvalue weighted by Gasteiger charge is -2.15. The van der Waals surface area contributed by atoms with Gasteiger partial charge in [-0.25, -0.2) is 4.98 Å². The lowest BCUT2D eigenvalue weighted by atomic mass is 10.1. The third-order valence-corrected chi connectivity index (χ3v) is 4.13. The van der Waals surface area contributed by atoms with Crippen LogP contribution in [0.25, 0.3) is 0 Å². The van der Waals surface area contributed by atoms with Gasteiger partial charge in [-0.3, -0.25) is 0 Å². The Hall–Kier alpha value is -1.79. The molecule has 1 aromatic carbocycles. The zero-order chi connectivity index (χ0) is 17.4. The van der Waals surface area contributed by atoms with E-state index in [1.54, 1.807) is 19.4 Å². The first kappa shape index (κ1) is 18.5. The lowest BCUT2D eigenvalue weighted by Crippen LogP contribution is -2.23. The highest BCUT2D eigenvalue weighted by atomic mass is 79.9. The minimum Gasteiger partial charge on any atom is -0.493 e. The number of imidazole rings is 1. The molecule has 24 heavy (non-hydrogen) atoms. The Kier molecular flexibility index (Phi) is 7.34.